The van der Waals surface area contributed by atoms with E-state index in [9.17, 15) is 5.11 Å². The third-order valence-corrected chi connectivity index (χ3v) is 4.67. The highest BCUT2D eigenvalue weighted by Gasteiger charge is 2.55. The van der Waals surface area contributed by atoms with Crippen molar-refractivity contribution in [2.75, 3.05) is 24.3 Å². The molecule has 27 heavy (non-hydrogen) atoms. The maximum Gasteiger partial charge on any atom is 0.225 e. The number of halogens is 2. The number of nitrogens with one attached hydrogen (secondary N) is 2. The van der Waals surface area contributed by atoms with Crippen LogP contribution in [0.15, 0.2) is 0 Å². The molecule has 146 valence electrons. The largest absolute Gasteiger partial charge is 0.394 e. The van der Waals surface area contributed by atoms with Crippen LogP contribution in [0.2, 0.25) is 10.6 Å². The highest BCUT2D eigenvalue weighted by molar-refractivity contribution is 6.30. The highest BCUT2D eigenvalue weighted by Crippen LogP contribution is 2.39. The number of ether oxygens (including phenoxy) is 3. The Morgan fingerprint density at radius 1 is 1.00 bits per heavy atom. The Hall–Kier alpha value is -1.56. The minimum absolute atomic E-state index is 0.00426. The van der Waals surface area contributed by atoms with E-state index in [1.54, 1.807) is 20.9 Å². The number of hydrogen-bond acceptors (Lipinski definition) is 10. The third kappa shape index (κ3) is 3.37. The maximum atomic E-state index is 9.61. The summed E-state index contributed by atoms with van der Waals surface area (Å²) in [5.41, 5.74) is 0.774. The summed E-state index contributed by atoms with van der Waals surface area (Å²) in [6, 6.07) is 0. The van der Waals surface area contributed by atoms with Crippen molar-refractivity contribution >= 4 is 45.9 Å². The molecule has 2 aliphatic heterocycles. The first-order chi connectivity index (χ1) is 12.8. The number of nitrogens with zero attached hydrogens (tertiary/aromatic N) is 4. The van der Waals surface area contributed by atoms with Gasteiger partial charge in [0.15, 0.2) is 23.7 Å². The van der Waals surface area contributed by atoms with Crippen LogP contribution < -0.4 is 10.6 Å². The van der Waals surface area contributed by atoms with Gasteiger partial charge in [-0.3, -0.25) is 0 Å². The normalized spacial score (nSPS) is 29.1. The topological polar surface area (TPSA) is 124 Å². The molecule has 4 heterocycles. The predicted molar refractivity (Wildman–Crippen MR) is 97.9 cm³/mol. The summed E-state index contributed by atoms with van der Waals surface area (Å²) in [4.78, 5) is 16.7. The molecule has 2 saturated heterocycles. The first-order valence-corrected chi connectivity index (χ1v) is 9.04. The Morgan fingerprint density at radius 2 is 1.59 bits per heavy atom. The molecule has 0 aromatic carbocycles. The van der Waals surface area contributed by atoms with Crippen molar-refractivity contribution in [2.24, 2.45) is 0 Å². The fraction of sp³-hybridized carbons (Fsp3) is 0.600. The van der Waals surface area contributed by atoms with Crippen molar-refractivity contribution in [3.63, 3.8) is 0 Å². The quantitative estimate of drug-likeness (QED) is 0.630. The molecule has 0 saturated carbocycles. The molecule has 2 aliphatic rings. The molecule has 2 fully saturated rings. The van der Waals surface area contributed by atoms with E-state index < -0.39 is 30.3 Å². The number of aromatic nitrogens is 4. The summed E-state index contributed by atoms with van der Waals surface area (Å²) in [6.45, 7) is 3.40. The van der Waals surface area contributed by atoms with Gasteiger partial charge in [-0.25, -0.2) is 9.97 Å². The lowest BCUT2D eigenvalue weighted by Crippen LogP contribution is -2.35. The van der Waals surface area contributed by atoms with Crippen LogP contribution in [0.1, 0.15) is 13.8 Å². The number of aliphatic hydroxyl groups excluding tert-OH is 1. The smallest absolute Gasteiger partial charge is 0.225 e. The molecule has 0 spiro atoms. The van der Waals surface area contributed by atoms with E-state index in [-0.39, 0.29) is 17.2 Å². The second-order valence-electron chi connectivity index (χ2n) is 6.62. The van der Waals surface area contributed by atoms with Crippen LogP contribution in [-0.4, -0.2) is 69.0 Å². The van der Waals surface area contributed by atoms with Gasteiger partial charge in [-0.15, -0.1) is 0 Å². The first kappa shape index (κ1) is 18.8. The van der Waals surface area contributed by atoms with Gasteiger partial charge >= 0.3 is 0 Å². The van der Waals surface area contributed by atoms with Gasteiger partial charge < -0.3 is 30.0 Å². The molecule has 0 radical (unpaired) electrons. The number of hydrogen-bond donors (Lipinski definition) is 3. The Kier molecular flexibility index (Phi) is 4.73. The van der Waals surface area contributed by atoms with E-state index in [2.05, 4.69) is 30.6 Å². The monoisotopic (exact) mass is 416 g/mol. The lowest BCUT2D eigenvalue weighted by Gasteiger charge is -2.24. The van der Waals surface area contributed by atoms with Gasteiger partial charge in [0.1, 0.15) is 29.3 Å². The number of aliphatic hydroxyl groups is 1. The SMILES string of the molecule is CNc1nc(Cl)nc2c(N[C@@H]3O[C@H](CO)[C@H]4OC(C)(C)O[C@H]43)nc(Cl)nc12. The second kappa shape index (κ2) is 6.80. The number of anilines is 2. The van der Waals surface area contributed by atoms with E-state index in [1.165, 1.54) is 0 Å². The molecule has 0 bridgehead atoms. The molecular weight excluding hydrogens is 399 g/mol. The van der Waals surface area contributed by atoms with Crippen LogP contribution in [0.4, 0.5) is 11.6 Å². The predicted octanol–water partition coefficient (Wildman–Crippen LogP) is 1.42. The molecule has 0 aliphatic carbocycles. The lowest BCUT2D eigenvalue weighted by atomic mass is 10.1. The zero-order valence-corrected chi connectivity index (χ0v) is 16.2. The van der Waals surface area contributed by atoms with Gasteiger partial charge in [0, 0.05) is 7.05 Å². The minimum Gasteiger partial charge on any atom is -0.394 e. The summed E-state index contributed by atoms with van der Waals surface area (Å²) >= 11 is 12.1. The molecule has 10 nitrogen and oxygen atoms in total. The van der Waals surface area contributed by atoms with E-state index in [1.807, 2.05) is 0 Å². The second-order valence-corrected chi connectivity index (χ2v) is 7.29. The molecule has 4 rings (SSSR count). The van der Waals surface area contributed by atoms with Gasteiger partial charge in [0.05, 0.1) is 6.61 Å². The Labute approximate surface area is 164 Å². The lowest BCUT2D eigenvalue weighted by molar-refractivity contribution is -0.187. The molecule has 2 aromatic rings. The summed E-state index contributed by atoms with van der Waals surface area (Å²) in [6.07, 6.45) is -2.06. The van der Waals surface area contributed by atoms with E-state index in [0.29, 0.717) is 22.7 Å². The summed E-state index contributed by atoms with van der Waals surface area (Å²) in [5.74, 6) is -0.0679. The zero-order chi connectivity index (χ0) is 19.3. The van der Waals surface area contributed by atoms with Gasteiger partial charge in [-0.1, -0.05) is 0 Å². The minimum atomic E-state index is -0.789. The van der Waals surface area contributed by atoms with Gasteiger partial charge in [-0.2, -0.15) is 9.97 Å². The fourth-order valence-corrected chi connectivity index (χ4v) is 3.65. The molecular formula is C15H18Cl2N6O4. The fourth-order valence-electron chi connectivity index (χ4n) is 3.32. The highest BCUT2D eigenvalue weighted by atomic mass is 35.5. The van der Waals surface area contributed by atoms with Crippen molar-refractivity contribution in [2.45, 2.75) is 44.2 Å². The van der Waals surface area contributed by atoms with Crippen LogP contribution in [0.3, 0.4) is 0 Å². The van der Waals surface area contributed by atoms with Gasteiger partial charge in [0.25, 0.3) is 0 Å². The Morgan fingerprint density at radius 3 is 2.22 bits per heavy atom. The Bertz CT molecular complexity index is 885. The molecule has 2 aromatic heterocycles. The van der Waals surface area contributed by atoms with Crippen molar-refractivity contribution in [3.8, 4) is 0 Å². The van der Waals surface area contributed by atoms with Crippen molar-refractivity contribution in [1.29, 1.82) is 0 Å². The number of rotatable bonds is 4. The Balaban J connectivity index is 1.72. The number of fused-ring (bicyclic) bond motifs is 2. The van der Waals surface area contributed by atoms with Crippen molar-refractivity contribution in [1.82, 2.24) is 19.9 Å². The van der Waals surface area contributed by atoms with Crippen LogP contribution in [0.25, 0.3) is 11.0 Å². The zero-order valence-electron chi connectivity index (χ0n) is 14.7. The molecule has 0 amide bonds. The average Bonchev–Trinajstić information content (AvgIpc) is 3.08. The van der Waals surface area contributed by atoms with Crippen molar-refractivity contribution in [3.05, 3.63) is 10.6 Å². The van der Waals surface area contributed by atoms with Crippen LogP contribution in [0, 0.1) is 0 Å². The molecule has 3 N–H and O–H groups in total. The average molecular weight is 417 g/mol. The van der Waals surface area contributed by atoms with E-state index in [0.717, 1.165) is 0 Å². The molecule has 4 atom stereocenters. The van der Waals surface area contributed by atoms with Gasteiger partial charge in [-0.05, 0) is 37.0 Å². The van der Waals surface area contributed by atoms with Gasteiger partial charge in [0.2, 0.25) is 10.6 Å². The van der Waals surface area contributed by atoms with Crippen LogP contribution in [-0.2, 0) is 14.2 Å². The van der Waals surface area contributed by atoms with E-state index >= 15 is 0 Å². The first-order valence-electron chi connectivity index (χ1n) is 8.28. The molecule has 0 unspecified atom stereocenters. The van der Waals surface area contributed by atoms with Crippen LogP contribution in [0.5, 0.6) is 0 Å². The van der Waals surface area contributed by atoms with E-state index in [4.69, 9.17) is 37.4 Å². The summed E-state index contributed by atoms with van der Waals surface area (Å²) < 4.78 is 17.6. The molecule has 12 heteroatoms. The standard InChI is InChI=1S/C15H18Cl2N6O4/c1-15(2)26-8-5(4-24)25-12(9(8)27-15)21-11-7-6(19-14(17)23-11)10(18-3)22-13(16)20-7/h5,8-9,12,24H,4H2,1-3H3,(H,18,20,22)(H,19,21,23)/t5-,8-,9-,12-/m1/s1. The summed E-state index contributed by atoms with van der Waals surface area (Å²) in [7, 11) is 1.68. The van der Waals surface area contributed by atoms with Crippen molar-refractivity contribution < 1.29 is 19.3 Å². The van der Waals surface area contributed by atoms with Crippen LogP contribution >= 0.6 is 23.2 Å². The maximum absolute atomic E-state index is 9.61. The summed E-state index contributed by atoms with van der Waals surface area (Å²) in [5, 5.41) is 15.7. The third-order valence-electron chi connectivity index (χ3n) is 4.33.